The first-order valence-corrected chi connectivity index (χ1v) is 12.4. The van der Waals surface area contributed by atoms with E-state index < -0.39 is 0 Å². The van der Waals surface area contributed by atoms with E-state index >= 15 is 0 Å². The molecule has 0 aliphatic carbocycles. The number of nitrogens with one attached hydrogen (secondary N) is 1. The van der Waals surface area contributed by atoms with Gasteiger partial charge < -0.3 is 5.32 Å². The minimum absolute atomic E-state index is 0.0198. The van der Waals surface area contributed by atoms with Crippen LogP contribution in [0.15, 0.2) is 85.6 Å². The van der Waals surface area contributed by atoms with E-state index in [1.165, 1.54) is 17.2 Å². The van der Waals surface area contributed by atoms with Crippen LogP contribution in [0, 0.1) is 6.92 Å². The molecule has 4 nitrogen and oxygen atoms in total. The molecule has 1 amide bonds. The molecule has 0 bridgehead atoms. The highest BCUT2D eigenvalue weighted by Crippen LogP contribution is 2.24. The summed E-state index contributed by atoms with van der Waals surface area (Å²) in [6.45, 7) is 8.29. The molecule has 4 rings (SSSR count). The third-order valence-corrected chi connectivity index (χ3v) is 6.59. The second-order valence-corrected chi connectivity index (χ2v) is 9.12. The van der Waals surface area contributed by atoms with Crippen LogP contribution in [-0.2, 0) is 30.5 Å². The number of ketones is 1. The van der Waals surface area contributed by atoms with Crippen molar-refractivity contribution in [2.75, 3.05) is 6.54 Å². The molecule has 0 spiro atoms. The Morgan fingerprint density at radius 1 is 0.944 bits per heavy atom. The van der Waals surface area contributed by atoms with Gasteiger partial charge >= 0.3 is 0 Å². The molecule has 0 aliphatic heterocycles. The molecule has 4 aromatic rings. The van der Waals surface area contributed by atoms with E-state index in [0.717, 1.165) is 46.0 Å². The van der Waals surface area contributed by atoms with Gasteiger partial charge in [0.1, 0.15) is 0 Å². The highest BCUT2D eigenvalue weighted by atomic mass is 16.1. The van der Waals surface area contributed by atoms with Crippen LogP contribution < -0.4 is 5.32 Å². The maximum absolute atomic E-state index is 12.8. The number of carbonyl (C=O) groups is 2. The number of amides is 1. The molecule has 0 aliphatic rings. The number of rotatable bonds is 10. The largest absolute Gasteiger partial charge is 0.352 e. The SMILES string of the molecule is C=CC(=O)Cc1cnc(Cc2ccc(C(=O)NCCc3ccc(CC)cc3)c(C)c2)c2ccccc12. The molecule has 182 valence electrons. The van der Waals surface area contributed by atoms with Crippen LogP contribution in [0.3, 0.4) is 0 Å². The minimum Gasteiger partial charge on any atom is -0.352 e. The minimum atomic E-state index is -0.0518. The highest BCUT2D eigenvalue weighted by molar-refractivity contribution is 5.96. The van der Waals surface area contributed by atoms with Crippen molar-refractivity contribution in [3.63, 3.8) is 0 Å². The fraction of sp³-hybridized carbons (Fsp3) is 0.219. The average molecular weight is 477 g/mol. The van der Waals surface area contributed by atoms with E-state index in [9.17, 15) is 9.59 Å². The standard InChI is InChI=1S/C32H32N2O2/c1-4-23-10-12-24(13-11-23)16-17-33-32(36)28-15-14-25(18-22(28)3)19-31-30-9-7-6-8-29(30)26(21-34-31)20-27(35)5-2/h5-15,18,21H,2,4,16-17,19-20H2,1,3H3,(H,33,36). The van der Waals surface area contributed by atoms with Crippen LogP contribution in [0.5, 0.6) is 0 Å². The number of hydrogen-bond donors (Lipinski definition) is 1. The number of fused-ring (bicyclic) bond motifs is 1. The normalized spacial score (nSPS) is 10.8. The first-order chi connectivity index (χ1) is 17.5. The number of nitrogens with zero attached hydrogens (tertiary/aromatic N) is 1. The van der Waals surface area contributed by atoms with Crippen LogP contribution in [0.25, 0.3) is 10.8 Å². The van der Waals surface area contributed by atoms with Crippen molar-refractivity contribution >= 4 is 22.5 Å². The first-order valence-electron chi connectivity index (χ1n) is 12.4. The predicted molar refractivity (Wildman–Crippen MR) is 146 cm³/mol. The molecule has 4 heteroatoms. The highest BCUT2D eigenvalue weighted by Gasteiger charge is 2.13. The molecule has 0 atom stereocenters. The number of aryl methyl sites for hydroxylation is 2. The van der Waals surface area contributed by atoms with Crippen molar-refractivity contribution in [2.45, 2.75) is 39.5 Å². The van der Waals surface area contributed by atoms with E-state index in [2.05, 4.69) is 49.2 Å². The van der Waals surface area contributed by atoms with Gasteiger partial charge in [-0.2, -0.15) is 0 Å². The van der Waals surface area contributed by atoms with Crippen LogP contribution >= 0.6 is 0 Å². The van der Waals surface area contributed by atoms with Crippen LogP contribution in [0.4, 0.5) is 0 Å². The van der Waals surface area contributed by atoms with Crippen LogP contribution in [0.1, 0.15) is 50.8 Å². The Morgan fingerprint density at radius 2 is 1.64 bits per heavy atom. The topological polar surface area (TPSA) is 59.1 Å². The summed E-state index contributed by atoms with van der Waals surface area (Å²) in [4.78, 5) is 29.4. The number of allylic oxidation sites excluding steroid dienone is 1. The summed E-state index contributed by atoms with van der Waals surface area (Å²) in [7, 11) is 0. The van der Waals surface area contributed by atoms with Crippen molar-refractivity contribution in [1.29, 1.82) is 0 Å². The third-order valence-electron chi connectivity index (χ3n) is 6.59. The van der Waals surface area contributed by atoms with Crippen molar-refractivity contribution in [1.82, 2.24) is 10.3 Å². The second-order valence-electron chi connectivity index (χ2n) is 9.12. The monoisotopic (exact) mass is 476 g/mol. The van der Waals surface area contributed by atoms with Crippen LogP contribution in [0.2, 0.25) is 0 Å². The molecule has 1 N–H and O–H groups in total. The lowest BCUT2D eigenvalue weighted by atomic mass is 9.97. The smallest absolute Gasteiger partial charge is 0.251 e. The number of benzene rings is 3. The molecule has 0 fully saturated rings. The molecule has 0 radical (unpaired) electrons. The lowest BCUT2D eigenvalue weighted by Crippen LogP contribution is -2.26. The lowest BCUT2D eigenvalue weighted by Gasteiger charge is -2.12. The van der Waals surface area contributed by atoms with Gasteiger partial charge in [-0.15, -0.1) is 0 Å². The Morgan fingerprint density at radius 3 is 2.33 bits per heavy atom. The molecule has 1 heterocycles. The number of pyridine rings is 1. The zero-order valence-electron chi connectivity index (χ0n) is 21.0. The Hall–Kier alpha value is -4.05. The quantitative estimate of drug-likeness (QED) is 0.287. The van der Waals surface area contributed by atoms with E-state index in [0.29, 0.717) is 24.9 Å². The predicted octanol–water partition coefficient (Wildman–Crippen LogP) is 5.97. The van der Waals surface area contributed by atoms with E-state index in [1.54, 1.807) is 6.20 Å². The number of aromatic nitrogens is 1. The summed E-state index contributed by atoms with van der Waals surface area (Å²) in [6, 6.07) is 22.6. The van der Waals surface area contributed by atoms with Gasteiger partial charge in [0.25, 0.3) is 5.91 Å². The van der Waals surface area contributed by atoms with Gasteiger partial charge in [-0.05, 0) is 65.1 Å². The van der Waals surface area contributed by atoms with Gasteiger partial charge in [0, 0.05) is 36.5 Å². The third kappa shape index (κ3) is 5.95. The van der Waals surface area contributed by atoms with Crippen molar-refractivity contribution in [3.8, 4) is 0 Å². The van der Waals surface area contributed by atoms with Gasteiger partial charge in [-0.25, -0.2) is 0 Å². The van der Waals surface area contributed by atoms with Crippen molar-refractivity contribution < 1.29 is 9.59 Å². The van der Waals surface area contributed by atoms with E-state index in [1.807, 2.05) is 43.3 Å². The zero-order valence-corrected chi connectivity index (χ0v) is 21.0. The van der Waals surface area contributed by atoms with Gasteiger partial charge in [0.2, 0.25) is 0 Å². The summed E-state index contributed by atoms with van der Waals surface area (Å²) in [6.07, 6.45) is 5.92. The number of hydrogen-bond acceptors (Lipinski definition) is 3. The summed E-state index contributed by atoms with van der Waals surface area (Å²) in [5.74, 6) is -0.0716. The fourth-order valence-electron chi connectivity index (χ4n) is 4.49. The second kappa shape index (κ2) is 11.6. The molecule has 0 saturated heterocycles. The Bertz CT molecular complexity index is 1400. The van der Waals surface area contributed by atoms with Gasteiger partial charge in [0.05, 0.1) is 5.69 Å². The molecule has 1 aromatic heterocycles. The molecule has 0 saturated carbocycles. The van der Waals surface area contributed by atoms with Crippen molar-refractivity contribution in [2.24, 2.45) is 0 Å². The van der Waals surface area contributed by atoms with Gasteiger partial charge in [-0.1, -0.05) is 74.2 Å². The molecular formula is C32H32N2O2. The van der Waals surface area contributed by atoms with Gasteiger partial charge in [-0.3, -0.25) is 14.6 Å². The summed E-state index contributed by atoms with van der Waals surface area (Å²) < 4.78 is 0. The maximum Gasteiger partial charge on any atom is 0.251 e. The number of carbonyl (C=O) groups excluding carboxylic acids is 2. The van der Waals surface area contributed by atoms with Crippen LogP contribution in [-0.4, -0.2) is 23.2 Å². The maximum atomic E-state index is 12.8. The van der Waals surface area contributed by atoms with E-state index in [4.69, 9.17) is 4.98 Å². The summed E-state index contributed by atoms with van der Waals surface area (Å²) in [5.41, 5.74) is 7.12. The molecule has 36 heavy (non-hydrogen) atoms. The Labute approximate surface area is 213 Å². The molecule has 3 aromatic carbocycles. The Balaban J connectivity index is 1.44. The zero-order chi connectivity index (χ0) is 25.5. The lowest BCUT2D eigenvalue weighted by molar-refractivity contribution is -0.114. The average Bonchev–Trinajstić information content (AvgIpc) is 2.90. The Kier molecular flexibility index (Phi) is 8.06. The summed E-state index contributed by atoms with van der Waals surface area (Å²) >= 11 is 0. The molecular weight excluding hydrogens is 444 g/mol. The fourth-order valence-corrected chi connectivity index (χ4v) is 4.49. The summed E-state index contributed by atoms with van der Waals surface area (Å²) in [5, 5.41) is 5.13. The molecule has 0 unspecified atom stereocenters. The van der Waals surface area contributed by atoms with E-state index in [-0.39, 0.29) is 11.7 Å². The van der Waals surface area contributed by atoms with Gasteiger partial charge in [0.15, 0.2) is 5.78 Å². The first kappa shape index (κ1) is 25.1. The van der Waals surface area contributed by atoms with Crippen molar-refractivity contribution in [3.05, 3.63) is 125 Å².